The molecule has 1 saturated heterocycles. The second-order valence-corrected chi connectivity index (χ2v) is 6.89. The monoisotopic (exact) mass is 348 g/mol. The van der Waals surface area contributed by atoms with Crippen molar-refractivity contribution >= 4 is 24.1 Å². The number of hydrogen-bond acceptors (Lipinski definition) is 5. The van der Waals surface area contributed by atoms with Crippen LogP contribution in [-0.2, 0) is 9.47 Å². The molecule has 1 atom stereocenters. The van der Waals surface area contributed by atoms with Gasteiger partial charge in [-0.3, -0.25) is 5.10 Å². The van der Waals surface area contributed by atoms with E-state index in [1.54, 1.807) is 6.08 Å². The number of ether oxygens (including phenoxy) is 2. The van der Waals surface area contributed by atoms with Gasteiger partial charge in [0.25, 0.3) is 0 Å². The van der Waals surface area contributed by atoms with Crippen molar-refractivity contribution in [3.8, 4) is 0 Å². The fraction of sp³-hybridized carbons (Fsp3) is 0.556. The first-order chi connectivity index (χ1) is 11.8. The summed E-state index contributed by atoms with van der Waals surface area (Å²) in [5, 5.41) is 12.2. The topological polar surface area (TPSA) is 79.5 Å². The Morgan fingerprint density at radius 2 is 2.32 bits per heavy atom. The van der Waals surface area contributed by atoms with Crippen LogP contribution in [-0.4, -0.2) is 54.2 Å². The first kappa shape index (κ1) is 19.1. The molecule has 138 valence electrons. The summed E-state index contributed by atoms with van der Waals surface area (Å²) in [4.78, 5) is 14.0. The van der Waals surface area contributed by atoms with E-state index >= 15 is 0 Å². The van der Waals surface area contributed by atoms with E-state index in [1.165, 1.54) is 0 Å². The number of anilines is 1. The Hall–Kier alpha value is -2.28. The Bertz CT molecular complexity index is 718. The Morgan fingerprint density at radius 3 is 2.96 bits per heavy atom. The lowest BCUT2D eigenvalue weighted by molar-refractivity contribution is 0.0281. The lowest BCUT2D eigenvalue weighted by Gasteiger charge is -2.33. The van der Waals surface area contributed by atoms with E-state index in [-0.39, 0.29) is 6.10 Å². The van der Waals surface area contributed by atoms with Crippen LogP contribution in [0.4, 0.5) is 10.6 Å². The predicted octanol–water partition coefficient (Wildman–Crippen LogP) is 0.907. The molecule has 1 unspecified atom stereocenters. The Balaban J connectivity index is 2.02. The molecule has 7 heteroatoms. The highest BCUT2D eigenvalue weighted by molar-refractivity contribution is 5.67. The van der Waals surface area contributed by atoms with Gasteiger partial charge in [0, 0.05) is 24.9 Å². The van der Waals surface area contributed by atoms with Crippen LogP contribution < -0.4 is 20.8 Å². The molecule has 1 aliphatic heterocycles. The van der Waals surface area contributed by atoms with Gasteiger partial charge in [0.15, 0.2) is 5.82 Å². The number of morpholine rings is 1. The van der Waals surface area contributed by atoms with Crippen LogP contribution in [0.1, 0.15) is 27.7 Å². The lowest BCUT2D eigenvalue weighted by Crippen LogP contribution is -2.49. The Labute approximate surface area is 148 Å². The highest BCUT2D eigenvalue weighted by Crippen LogP contribution is 2.11. The molecule has 2 heterocycles. The van der Waals surface area contributed by atoms with Crippen LogP contribution in [0.3, 0.4) is 0 Å². The number of rotatable bonds is 4. The van der Waals surface area contributed by atoms with Crippen LogP contribution in [0.15, 0.2) is 12.7 Å². The minimum atomic E-state index is -0.513. The second-order valence-electron chi connectivity index (χ2n) is 6.89. The Morgan fingerprint density at radius 1 is 1.56 bits per heavy atom. The van der Waals surface area contributed by atoms with Crippen LogP contribution in [0.25, 0.3) is 12.2 Å². The fourth-order valence-corrected chi connectivity index (χ4v) is 2.64. The zero-order valence-corrected chi connectivity index (χ0v) is 15.5. The van der Waals surface area contributed by atoms with E-state index in [4.69, 9.17) is 9.47 Å². The zero-order valence-electron chi connectivity index (χ0n) is 15.5. The normalized spacial score (nSPS) is 19.8. The quantitative estimate of drug-likeness (QED) is 0.845. The maximum Gasteiger partial charge on any atom is 0.407 e. The maximum absolute atomic E-state index is 11.8. The molecule has 0 aliphatic carbocycles. The highest BCUT2D eigenvalue weighted by atomic mass is 16.6. The molecular formula is C18H28N4O3. The SMILES string of the molecule is C=C/C=c1/c(N2CCOC(CNC(=O)OC(C)(C)C)C2)n[nH]/c1=C/C. The molecule has 1 aliphatic rings. The van der Waals surface area contributed by atoms with Crippen molar-refractivity contribution in [3.05, 3.63) is 23.2 Å². The van der Waals surface area contributed by atoms with E-state index in [2.05, 4.69) is 27.0 Å². The van der Waals surface area contributed by atoms with E-state index in [0.717, 1.165) is 22.9 Å². The summed E-state index contributed by atoms with van der Waals surface area (Å²) in [5.41, 5.74) is -0.513. The summed E-state index contributed by atoms with van der Waals surface area (Å²) < 4.78 is 11.0. The molecule has 1 aromatic rings. The van der Waals surface area contributed by atoms with Crippen molar-refractivity contribution in [1.82, 2.24) is 15.5 Å². The van der Waals surface area contributed by atoms with E-state index in [1.807, 2.05) is 39.8 Å². The molecule has 2 rings (SSSR count). The fourth-order valence-electron chi connectivity index (χ4n) is 2.64. The van der Waals surface area contributed by atoms with E-state index in [0.29, 0.717) is 19.7 Å². The van der Waals surface area contributed by atoms with Gasteiger partial charge in [-0.1, -0.05) is 18.7 Å². The summed E-state index contributed by atoms with van der Waals surface area (Å²) >= 11 is 0. The molecule has 0 radical (unpaired) electrons. The van der Waals surface area contributed by atoms with Gasteiger partial charge >= 0.3 is 6.09 Å². The van der Waals surface area contributed by atoms with Crippen molar-refractivity contribution in [3.63, 3.8) is 0 Å². The molecule has 25 heavy (non-hydrogen) atoms. The summed E-state index contributed by atoms with van der Waals surface area (Å²) in [7, 11) is 0. The van der Waals surface area contributed by atoms with Gasteiger partial charge in [-0.15, -0.1) is 0 Å². The second kappa shape index (κ2) is 8.20. The number of aromatic nitrogens is 2. The van der Waals surface area contributed by atoms with Crippen molar-refractivity contribution in [2.75, 3.05) is 31.1 Å². The summed E-state index contributed by atoms with van der Waals surface area (Å²) in [6.07, 6.45) is 5.12. The zero-order chi connectivity index (χ0) is 18.4. The number of alkyl carbamates (subject to hydrolysis) is 1. The third kappa shape index (κ3) is 5.35. The molecular weight excluding hydrogens is 320 g/mol. The van der Waals surface area contributed by atoms with Gasteiger partial charge in [-0.2, -0.15) is 5.10 Å². The third-order valence-electron chi connectivity index (χ3n) is 3.70. The maximum atomic E-state index is 11.8. The molecule has 1 aromatic heterocycles. The molecule has 2 N–H and O–H groups in total. The first-order valence-electron chi connectivity index (χ1n) is 8.51. The van der Waals surface area contributed by atoms with Crippen molar-refractivity contribution in [2.45, 2.75) is 39.4 Å². The predicted molar refractivity (Wildman–Crippen MR) is 98.8 cm³/mol. The average molecular weight is 348 g/mol. The molecule has 0 spiro atoms. The summed E-state index contributed by atoms with van der Waals surface area (Å²) in [6, 6.07) is 0. The van der Waals surface area contributed by atoms with Gasteiger partial charge < -0.3 is 19.7 Å². The molecule has 0 saturated carbocycles. The van der Waals surface area contributed by atoms with Crippen LogP contribution in [0.5, 0.6) is 0 Å². The highest BCUT2D eigenvalue weighted by Gasteiger charge is 2.24. The van der Waals surface area contributed by atoms with Crippen LogP contribution >= 0.6 is 0 Å². The largest absolute Gasteiger partial charge is 0.444 e. The smallest absolute Gasteiger partial charge is 0.407 e. The van der Waals surface area contributed by atoms with E-state index in [9.17, 15) is 4.79 Å². The first-order valence-corrected chi connectivity index (χ1v) is 8.51. The minimum Gasteiger partial charge on any atom is -0.444 e. The number of allylic oxidation sites excluding steroid dienone is 1. The molecule has 0 aromatic carbocycles. The third-order valence-corrected chi connectivity index (χ3v) is 3.70. The van der Waals surface area contributed by atoms with Gasteiger partial charge in [0.05, 0.1) is 18.1 Å². The molecule has 1 amide bonds. The van der Waals surface area contributed by atoms with Crippen molar-refractivity contribution in [1.29, 1.82) is 0 Å². The number of amides is 1. The number of hydrogen-bond donors (Lipinski definition) is 2. The van der Waals surface area contributed by atoms with Gasteiger partial charge in [0.2, 0.25) is 0 Å². The van der Waals surface area contributed by atoms with Crippen molar-refractivity contribution in [2.24, 2.45) is 0 Å². The number of aromatic amines is 1. The Kier molecular flexibility index (Phi) is 6.25. The lowest BCUT2D eigenvalue weighted by atomic mass is 10.2. The van der Waals surface area contributed by atoms with Gasteiger partial charge in [-0.05, 0) is 33.8 Å². The minimum absolute atomic E-state index is 0.122. The molecule has 7 nitrogen and oxygen atoms in total. The number of nitrogens with zero attached hydrogens (tertiary/aromatic N) is 2. The average Bonchev–Trinajstić information content (AvgIpc) is 2.95. The van der Waals surface area contributed by atoms with Crippen molar-refractivity contribution < 1.29 is 14.3 Å². The van der Waals surface area contributed by atoms with Gasteiger partial charge in [0.1, 0.15) is 5.60 Å². The molecule has 1 fully saturated rings. The van der Waals surface area contributed by atoms with Gasteiger partial charge in [-0.25, -0.2) is 4.79 Å². The van der Waals surface area contributed by atoms with Crippen LogP contribution in [0.2, 0.25) is 0 Å². The number of nitrogens with one attached hydrogen (secondary N) is 2. The number of carbonyl (C=O) groups excluding carboxylic acids is 1. The molecule has 0 bridgehead atoms. The van der Waals surface area contributed by atoms with E-state index < -0.39 is 11.7 Å². The van der Waals surface area contributed by atoms with Crippen LogP contribution in [0, 0.1) is 0 Å². The standard InChI is InChI=1S/C18H28N4O3/c1-6-8-14-15(7-2)20-21-16(14)22-9-10-24-13(12-22)11-19-17(23)25-18(3,4)5/h6-8,13,20H,1,9-12H2,2-5H3,(H,19,23)/b14-8+,15-7+. The number of H-pyrrole nitrogens is 1. The number of carbonyl (C=O) groups is 1. The summed E-state index contributed by atoms with van der Waals surface area (Å²) in [5.74, 6) is 0.874. The summed E-state index contributed by atoms with van der Waals surface area (Å²) in [6.45, 7) is 13.6.